The molecule has 0 heterocycles. The quantitative estimate of drug-likeness (QED) is 0.784. The zero-order chi connectivity index (χ0) is 18.0. The molecule has 2 aliphatic carbocycles. The fourth-order valence-electron chi connectivity index (χ4n) is 4.31. The number of nitrogens with one attached hydrogen (secondary N) is 1. The fourth-order valence-corrected chi connectivity index (χ4v) is 4.55. The summed E-state index contributed by atoms with van der Waals surface area (Å²) in [5.41, 5.74) is 0.342. The SMILES string of the molecule is COC(=O)c1ccc(OCC(=O)NC(C)C2CC3CCC2C3)c(Cl)c1. The molecule has 0 radical (unpaired) electrons. The van der Waals surface area contributed by atoms with Crippen LogP contribution in [-0.4, -0.2) is 31.6 Å². The van der Waals surface area contributed by atoms with Gasteiger partial charge >= 0.3 is 5.97 Å². The Kier molecular flexibility index (Phi) is 5.52. The van der Waals surface area contributed by atoms with Crippen molar-refractivity contribution >= 4 is 23.5 Å². The van der Waals surface area contributed by atoms with Crippen molar-refractivity contribution in [1.29, 1.82) is 0 Å². The van der Waals surface area contributed by atoms with Gasteiger partial charge in [-0.05, 0) is 62.1 Å². The first kappa shape index (κ1) is 18.1. The van der Waals surface area contributed by atoms with Crippen LogP contribution in [0.15, 0.2) is 18.2 Å². The third-order valence-electron chi connectivity index (χ3n) is 5.54. The third-order valence-corrected chi connectivity index (χ3v) is 5.83. The van der Waals surface area contributed by atoms with Crippen LogP contribution in [0.2, 0.25) is 5.02 Å². The summed E-state index contributed by atoms with van der Waals surface area (Å²) in [5.74, 6) is 1.97. The number of esters is 1. The summed E-state index contributed by atoms with van der Waals surface area (Å²) in [5, 5.41) is 3.33. The summed E-state index contributed by atoms with van der Waals surface area (Å²) in [6, 6.07) is 4.77. The molecule has 136 valence electrons. The average Bonchev–Trinajstić information content (AvgIpc) is 3.23. The third kappa shape index (κ3) is 4.09. The Balaban J connectivity index is 1.49. The zero-order valence-electron chi connectivity index (χ0n) is 14.6. The Morgan fingerprint density at radius 1 is 1.32 bits per heavy atom. The maximum atomic E-state index is 12.2. The average molecular weight is 366 g/mol. The Labute approximate surface area is 153 Å². The van der Waals surface area contributed by atoms with E-state index in [0.29, 0.717) is 17.2 Å². The molecule has 1 N–H and O–H groups in total. The molecule has 3 rings (SSSR count). The van der Waals surface area contributed by atoms with E-state index >= 15 is 0 Å². The van der Waals surface area contributed by atoms with Crippen molar-refractivity contribution in [1.82, 2.24) is 5.32 Å². The summed E-state index contributed by atoms with van der Waals surface area (Å²) in [6.07, 6.45) is 5.20. The van der Waals surface area contributed by atoms with Gasteiger partial charge < -0.3 is 14.8 Å². The van der Waals surface area contributed by atoms with Crippen LogP contribution in [0.1, 0.15) is 43.0 Å². The first-order chi connectivity index (χ1) is 12.0. The topological polar surface area (TPSA) is 64.6 Å². The van der Waals surface area contributed by atoms with Crippen molar-refractivity contribution in [3.63, 3.8) is 0 Å². The number of carbonyl (C=O) groups excluding carboxylic acids is 2. The van der Waals surface area contributed by atoms with Gasteiger partial charge in [0, 0.05) is 6.04 Å². The van der Waals surface area contributed by atoms with E-state index in [4.69, 9.17) is 16.3 Å². The van der Waals surface area contributed by atoms with Crippen LogP contribution in [-0.2, 0) is 9.53 Å². The first-order valence-electron chi connectivity index (χ1n) is 8.78. The van der Waals surface area contributed by atoms with E-state index in [1.54, 1.807) is 12.1 Å². The zero-order valence-corrected chi connectivity index (χ0v) is 15.3. The lowest BCUT2D eigenvalue weighted by Crippen LogP contribution is -2.42. The molecule has 2 aliphatic rings. The van der Waals surface area contributed by atoms with Crippen molar-refractivity contribution in [2.24, 2.45) is 17.8 Å². The largest absolute Gasteiger partial charge is 0.482 e. The summed E-state index contributed by atoms with van der Waals surface area (Å²) in [6.45, 7) is 1.99. The highest BCUT2D eigenvalue weighted by Gasteiger charge is 2.42. The van der Waals surface area contributed by atoms with Crippen LogP contribution in [0.4, 0.5) is 0 Å². The number of hydrogen-bond acceptors (Lipinski definition) is 4. The summed E-state index contributed by atoms with van der Waals surface area (Å²) in [4.78, 5) is 23.6. The Morgan fingerprint density at radius 3 is 2.72 bits per heavy atom. The van der Waals surface area contributed by atoms with Gasteiger partial charge in [-0.15, -0.1) is 0 Å². The number of halogens is 1. The molecule has 2 fully saturated rings. The normalized spacial score (nSPS) is 25.5. The van der Waals surface area contributed by atoms with Crippen LogP contribution in [0.5, 0.6) is 5.75 Å². The van der Waals surface area contributed by atoms with Gasteiger partial charge in [0.2, 0.25) is 0 Å². The number of carbonyl (C=O) groups is 2. The second-order valence-corrected chi connectivity index (χ2v) is 7.53. The minimum atomic E-state index is -0.467. The van der Waals surface area contributed by atoms with E-state index in [1.807, 2.05) is 0 Å². The van der Waals surface area contributed by atoms with Crippen molar-refractivity contribution in [3.05, 3.63) is 28.8 Å². The van der Waals surface area contributed by atoms with Gasteiger partial charge in [0.1, 0.15) is 5.75 Å². The molecule has 0 spiro atoms. The maximum absolute atomic E-state index is 12.2. The molecule has 6 heteroatoms. The van der Waals surface area contributed by atoms with E-state index in [9.17, 15) is 9.59 Å². The van der Waals surface area contributed by atoms with E-state index in [-0.39, 0.29) is 23.6 Å². The van der Waals surface area contributed by atoms with Crippen molar-refractivity contribution < 1.29 is 19.1 Å². The minimum absolute atomic E-state index is 0.0948. The highest BCUT2D eigenvalue weighted by Crippen LogP contribution is 2.49. The molecule has 1 aromatic rings. The van der Waals surface area contributed by atoms with Gasteiger partial charge in [-0.2, -0.15) is 0 Å². The van der Waals surface area contributed by atoms with Gasteiger partial charge in [-0.1, -0.05) is 18.0 Å². The summed E-state index contributed by atoms with van der Waals surface area (Å²) in [7, 11) is 1.31. The van der Waals surface area contributed by atoms with Crippen LogP contribution < -0.4 is 10.1 Å². The van der Waals surface area contributed by atoms with Crippen molar-refractivity contribution in [3.8, 4) is 5.75 Å². The maximum Gasteiger partial charge on any atom is 0.337 e. The number of rotatable bonds is 6. The lowest BCUT2D eigenvalue weighted by Gasteiger charge is -2.28. The minimum Gasteiger partial charge on any atom is -0.482 e. The molecule has 0 aliphatic heterocycles. The molecule has 5 nitrogen and oxygen atoms in total. The molecular weight excluding hydrogens is 342 g/mol. The second kappa shape index (κ2) is 7.65. The van der Waals surface area contributed by atoms with E-state index < -0.39 is 5.97 Å². The van der Waals surface area contributed by atoms with E-state index in [1.165, 1.54) is 38.9 Å². The predicted molar refractivity (Wildman–Crippen MR) is 94.8 cm³/mol. The molecule has 0 aromatic heterocycles. The van der Waals surface area contributed by atoms with Crippen molar-refractivity contribution in [2.75, 3.05) is 13.7 Å². The first-order valence-corrected chi connectivity index (χ1v) is 9.15. The van der Waals surface area contributed by atoms with E-state index in [0.717, 1.165) is 11.8 Å². The summed E-state index contributed by atoms with van der Waals surface area (Å²) >= 11 is 6.10. The van der Waals surface area contributed by atoms with Crippen LogP contribution >= 0.6 is 11.6 Å². The monoisotopic (exact) mass is 365 g/mol. The van der Waals surface area contributed by atoms with Crippen LogP contribution in [0.3, 0.4) is 0 Å². The molecule has 1 aromatic carbocycles. The van der Waals surface area contributed by atoms with Gasteiger partial charge in [0.25, 0.3) is 5.91 Å². The number of hydrogen-bond donors (Lipinski definition) is 1. The number of ether oxygens (including phenoxy) is 2. The lowest BCUT2D eigenvalue weighted by molar-refractivity contribution is -0.124. The summed E-state index contributed by atoms with van der Waals surface area (Å²) < 4.78 is 10.1. The second-order valence-electron chi connectivity index (χ2n) is 7.12. The molecule has 4 unspecified atom stereocenters. The molecule has 25 heavy (non-hydrogen) atoms. The highest BCUT2D eigenvalue weighted by atomic mass is 35.5. The molecule has 1 amide bonds. The lowest BCUT2D eigenvalue weighted by atomic mass is 9.84. The van der Waals surface area contributed by atoms with Gasteiger partial charge in [0.15, 0.2) is 6.61 Å². The number of fused-ring (bicyclic) bond motifs is 2. The number of benzene rings is 1. The molecule has 0 saturated heterocycles. The molecular formula is C19H24ClNO4. The fraction of sp³-hybridized carbons (Fsp3) is 0.579. The highest BCUT2D eigenvalue weighted by molar-refractivity contribution is 6.32. The van der Waals surface area contributed by atoms with Gasteiger partial charge in [0.05, 0.1) is 17.7 Å². The van der Waals surface area contributed by atoms with Crippen LogP contribution in [0, 0.1) is 17.8 Å². The Morgan fingerprint density at radius 2 is 2.12 bits per heavy atom. The Hall–Kier alpha value is -1.75. The van der Waals surface area contributed by atoms with E-state index in [2.05, 4.69) is 17.0 Å². The standard InChI is InChI=1S/C19H24ClNO4/c1-11(15-8-12-3-4-13(15)7-12)21-18(22)10-25-17-6-5-14(9-16(17)20)19(23)24-2/h5-6,9,11-13,15H,3-4,7-8,10H2,1-2H3,(H,21,22). The predicted octanol–water partition coefficient (Wildman–Crippen LogP) is 3.45. The molecule has 2 bridgehead atoms. The molecule has 2 saturated carbocycles. The Bertz CT molecular complexity index is 663. The smallest absolute Gasteiger partial charge is 0.337 e. The van der Waals surface area contributed by atoms with Crippen molar-refractivity contribution in [2.45, 2.75) is 38.6 Å². The number of amides is 1. The van der Waals surface area contributed by atoms with Crippen LogP contribution in [0.25, 0.3) is 0 Å². The van der Waals surface area contributed by atoms with Gasteiger partial charge in [-0.25, -0.2) is 4.79 Å². The number of methoxy groups -OCH3 is 1. The van der Waals surface area contributed by atoms with Gasteiger partial charge in [-0.3, -0.25) is 4.79 Å². The molecule has 4 atom stereocenters.